The molecule has 0 fully saturated rings. The summed E-state index contributed by atoms with van der Waals surface area (Å²) < 4.78 is 38.7. The van der Waals surface area contributed by atoms with Crippen molar-refractivity contribution in [3.05, 3.63) is 56.8 Å². The number of hydrogen-bond donors (Lipinski definition) is 1. The van der Waals surface area contributed by atoms with Crippen molar-refractivity contribution in [3.8, 4) is 0 Å². The predicted octanol–water partition coefficient (Wildman–Crippen LogP) is 5.08. The lowest BCUT2D eigenvalue weighted by molar-refractivity contribution is -0.137. The molecule has 1 aromatic carbocycles. The van der Waals surface area contributed by atoms with E-state index in [4.69, 9.17) is 0 Å². The minimum atomic E-state index is -4.31. The van der Waals surface area contributed by atoms with Crippen LogP contribution >= 0.6 is 11.3 Å². The van der Waals surface area contributed by atoms with Crippen molar-refractivity contribution in [2.45, 2.75) is 33.0 Å². The smallest absolute Gasteiger partial charge is 0.306 e. The van der Waals surface area contributed by atoms with Crippen LogP contribution in [-0.2, 0) is 6.18 Å². The monoisotopic (exact) mass is 313 g/mol. The molecule has 0 saturated carbocycles. The topological polar surface area (TPSA) is 12.0 Å². The highest BCUT2D eigenvalue weighted by molar-refractivity contribution is 7.12. The van der Waals surface area contributed by atoms with E-state index >= 15 is 0 Å². The quantitative estimate of drug-likeness (QED) is 0.829. The normalized spacial score (nSPS) is 13.4. The zero-order valence-corrected chi connectivity index (χ0v) is 13.0. The molecule has 1 atom stereocenters. The number of rotatable bonds is 4. The Kier molecular flexibility index (Phi) is 4.74. The molecule has 0 spiro atoms. The molecule has 0 radical (unpaired) electrons. The van der Waals surface area contributed by atoms with Crippen molar-refractivity contribution in [3.63, 3.8) is 0 Å². The molecule has 2 rings (SSSR count). The highest BCUT2D eigenvalue weighted by atomic mass is 32.1. The van der Waals surface area contributed by atoms with Crippen molar-refractivity contribution in [2.75, 3.05) is 6.54 Å². The van der Waals surface area contributed by atoms with Gasteiger partial charge >= 0.3 is 6.18 Å². The summed E-state index contributed by atoms with van der Waals surface area (Å²) in [5.41, 5.74) is 1.16. The third-order valence-electron chi connectivity index (χ3n) is 3.30. The summed E-state index contributed by atoms with van der Waals surface area (Å²) in [6, 6.07) is 7.43. The maximum absolute atomic E-state index is 12.9. The minimum Gasteiger partial charge on any atom is -0.306 e. The number of benzene rings is 1. The molecule has 1 N–H and O–H groups in total. The van der Waals surface area contributed by atoms with Gasteiger partial charge in [-0.25, -0.2) is 0 Å². The zero-order chi connectivity index (χ0) is 15.6. The van der Waals surface area contributed by atoms with Gasteiger partial charge in [0.2, 0.25) is 0 Å². The van der Waals surface area contributed by atoms with Crippen molar-refractivity contribution >= 4 is 11.3 Å². The Morgan fingerprint density at radius 3 is 2.43 bits per heavy atom. The average Bonchev–Trinajstić information content (AvgIpc) is 2.74. The lowest BCUT2D eigenvalue weighted by Crippen LogP contribution is -2.22. The first-order chi connectivity index (χ1) is 9.82. The van der Waals surface area contributed by atoms with Gasteiger partial charge in [-0.1, -0.05) is 19.1 Å². The van der Waals surface area contributed by atoms with Crippen molar-refractivity contribution in [1.82, 2.24) is 5.32 Å². The van der Waals surface area contributed by atoms with Crippen LogP contribution in [0.2, 0.25) is 0 Å². The van der Waals surface area contributed by atoms with E-state index in [0.29, 0.717) is 12.1 Å². The molecular weight excluding hydrogens is 295 g/mol. The number of halogens is 3. The van der Waals surface area contributed by atoms with Crippen molar-refractivity contribution in [2.24, 2.45) is 0 Å². The molecule has 0 aliphatic carbocycles. The van der Waals surface area contributed by atoms with Gasteiger partial charge in [-0.2, -0.15) is 13.2 Å². The van der Waals surface area contributed by atoms with Gasteiger partial charge in [-0.15, -0.1) is 11.3 Å². The van der Waals surface area contributed by atoms with E-state index in [1.165, 1.54) is 12.1 Å². The zero-order valence-electron chi connectivity index (χ0n) is 12.2. The number of aryl methyl sites for hydroxylation is 2. The number of thiophene rings is 1. The largest absolute Gasteiger partial charge is 0.416 e. The maximum Gasteiger partial charge on any atom is 0.416 e. The van der Waals surface area contributed by atoms with Gasteiger partial charge in [0.15, 0.2) is 0 Å². The second-order valence-electron chi connectivity index (χ2n) is 5.02. The second kappa shape index (κ2) is 6.20. The van der Waals surface area contributed by atoms with Gasteiger partial charge in [0, 0.05) is 9.75 Å². The molecule has 0 saturated heterocycles. The first kappa shape index (κ1) is 16.0. The molecule has 114 valence electrons. The summed E-state index contributed by atoms with van der Waals surface area (Å²) in [6.07, 6.45) is -4.31. The fraction of sp³-hybridized carbons (Fsp3) is 0.375. The highest BCUT2D eigenvalue weighted by Gasteiger charge is 2.31. The predicted molar refractivity (Wildman–Crippen MR) is 80.8 cm³/mol. The first-order valence-corrected chi connectivity index (χ1v) is 7.62. The first-order valence-electron chi connectivity index (χ1n) is 6.80. The van der Waals surface area contributed by atoms with Gasteiger partial charge in [-0.05, 0) is 49.7 Å². The fourth-order valence-electron chi connectivity index (χ4n) is 2.41. The Labute approximate surface area is 126 Å². The van der Waals surface area contributed by atoms with Gasteiger partial charge in [0.05, 0.1) is 11.6 Å². The Morgan fingerprint density at radius 2 is 1.90 bits per heavy atom. The average molecular weight is 313 g/mol. The molecule has 5 heteroatoms. The van der Waals surface area contributed by atoms with Gasteiger partial charge in [-0.3, -0.25) is 0 Å². The number of nitrogens with one attached hydrogen (secondary N) is 1. The molecule has 21 heavy (non-hydrogen) atoms. The van der Waals surface area contributed by atoms with E-state index in [2.05, 4.69) is 11.4 Å². The van der Waals surface area contributed by atoms with Crippen LogP contribution in [0, 0.1) is 13.8 Å². The van der Waals surface area contributed by atoms with E-state index in [0.717, 1.165) is 21.4 Å². The van der Waals surface area contributed by atoms with E-state index in [1.54, 1.807) is 17.4 Å². The van der Waals surface area contributed by atoms with E-state index in [-0.39, 0.29) is 6.04 Å². The van der Waals surface area contributed by atoms with E-state index < -0.39 is 11.7 Å². The molecule has 1 heterocycles. The summed E-state index contributed by atoms with van der Waals surface area (Å²) in [4.78, 5) is 2.24. The summed E-state index contributed by atoms with van der Waals surface area (Å²) in [5.74, 6) is 0. The Bertz CT molecular complexity index is 616. The molecule has 1 unspecified atom stereocenters. The molecule has 0 amide bonds. The summed E-state index contributed by atoms with van der Waals surface area (Å²) in [6.45, 7) is 6.65. The minimum absolute atomic E-state index is 0.198. The molecular formula is C16H18F3NS. The molecule has 1 nitrogen and oxygen atoms in total. The van der Waals surface area contributed by atoms with Crippen LogP contribution in [0.3, 0.4) is 0 Å². The lowest BCUT2D eigenvalue weighted by atomic mass is 10.0. The van der Waals surface area contributed by atoms with Crippen LogP contribution < -0.4 is 5.32 Å². The van der Waals surface area contributed by atoms with E-state index in [9.17, 15) is 13.2 Å². The Hall–Kier alpha value is -1.33. The summed E-state index contributed by atoms with van der Waals surface area (Å²) in [7, 11) is 0. The Morgan fingerprint density at radius 1 is 1.19 bits per heavy atom. The SMILES string of the molecule is CCNC(c1cccc(C(F)(F)F)c1)c1sc(C)cc1C. The number of alkyl halides is 3. The molecule has 0 aliphatic heterocycles. The van der Waals surface area contributed by atoms with Crippen molar-refractivity contribution in [1.29, 1.82) is 0 Å². The standard InChI is InChI=1S/C16H18F3NS/c1-4-20-14(15-10(2)8-11(3)21-15)12-6-5-7-13(9-12)16(17,18)19/h5-9,14,20H,4H2,1-3H3. The van der Waals surface area contributed by atoms with Crippen LogP contribution in [0.4, 0.5) is 13.2 Å². The third-order valence-corrected chi connectivity index (χ3v) is 4.51. The lowest BCUT2D eigenvalue weighted by Gasteiger charge is -2.19. The summed E-state index contributed by atoms with van der Waals surface area (Å²) in [5, 5.41) is 3.29. The molecule has 2 aromatic rings. The highest BCUT2D eigenvalue weighted by Crippen LogP contribution is 2.35. The van der Waals surface area contributed by atoms with Gasteiger partial charge in [0.1, 0.15) is 0 Å². The van der Waals surface area contributed by atoms with Crippen molar-refractivity contribution < 1.29 is 13.2 Å². The van der Waals surface area contributed by atoms with Crippen LogP contribution in [0.5, 0.6) is 0 Å². The van der Waals surface area contributed by atoms with E-state index in [1.807, 2.05) is 20.8 Å². The second-order valence-corrected chi connectivity index (χ2v) is 6.31. The molecule has 0 bridgehead atoms. The fourth-order valence-corrected chi connectivity index (χ4v) is 3.55. The molecule has 1 aromatic heterocycles. The van der Waals surface area contributed by atoms with Crippen LogP contribution in [-0.4, -0.2) is 6.54 Å². The Balaban J connectivity index is 2.46. The summed E-state index contributed by atoms with van der Waals surface area (Å²) >= 11 is 1.63. The van der Waals surface area contributed by atoms with Crippen LogP contribution in [0.1, 0.15) is 39.4 Å². The van der Waals surface area contributed by atoms with Crippen LogP contribution in [0.25, 0.3) is 0 Å². The maximum atomic E-state index is 12.9. The molecule has 0 aliphatic rings. The van der Waals surface area contributed by atoms with Gasteiger partial charge < -0.3 is 5.32 Å². The third kappa shape index (κ3) is 3.66. The van der Waals surface area contributed by atoms with Gasteiger partial charge in [0.25, 0.3) is 0 Å². The number of hydrogen-bond acceptors (Lipinski definition) is 2. The van der Waals surface area contributed by atoms with Crippen LogP contribution in [0.15, 0.2) is 30.3 Å².